The molecular formula is C25H22F3N3OS. The SMILES string of the molecule is Cc1ccc(C)c(NC(=O)CSc2nc3cc(C(F)(F)F)ccc3n2Cc2ccccc2)c1. The normalized spacial score (nSPS) is 11.7. The predicted octanol–water partition coefficient (Wildman–Crippen LogP) is 6.45. The van der Waals surface area contributed by atoms with Crippen molar-refractivity contribution < 1.29 is 18.0 Å². The summed E-state index contributed by atoms with van der Waals surface area (Å²) in [6, 6.07) is 19.0. The van der Waals surface area contributed by atoms with Crippen molar-refractivity contribution in [1.82, 2.24) is 9.55 Å². The molecule has 3 aromatic carbocycles. The van der Waals surface area contributed by atoms with E-state index in [4.69, 9.17) is 0 Å². The van der Waals surface area contributed by atoms with Gasteiger partial charge in [0.2, 0.25) is 5.91 Å². The van der Waals surface area contributed by atoms with Gasteiger partial charge in [0.25, 0.3) is 0 Å². The van der Waals surface area contributed by atoms with Crippen LogP contribution >= 0.6 is 11.8 Å². The van der Waals surface area contributed by atoms with E-state index in [-0.39, 0.29) is 17.2 Å². The van der Waals surface area contributed by atoms with Crippen LogP contribution in [-0.4, -0.2) is 21.2 Å². The van der Waals surface area contributed by atoms with Gasteiger partial charge in [-0.2, -0.15) is 13.2 Å². The minimum atomic E-state index is -4.45. The molecule has 0 aliphatic carbocycles. The molecule has 33 heavy (non-hydrogen) atoms. The van der Waals surface area contributed by atoms with Crippen molar-refractivity contribution in [3.05, 3.63) is 89.0 Å². The molecule has 4 rings (SSSR count). The molecule has 0 saturated carbocycles. The summed E-state index contributed by atoms with van der Waals surface area (Å²) in [5.41, 5.74) is 3.81. The first-order valence-corrected chi connectivity index (χ1v) is 11.3. The van der Waals surface area contributed by atoms with Gasteiger partial charge in [-0.1, -0.05) is 54.2 Å². The van der Waals surface area contributed by atoms with Crippen LogP contribution in [-0.2, 0) is 17.5 Å². The fraction of sp³-hybridized carbons (Fsp3) is 0.200. The van der Waals surface area contributed by atoms with E-state index in [1.165, 1.54) is 17.8 Å². The third kappa shape index (κ3) is 5.39. The third-order valence-corrected chi connectivity index (χ3v) is 6.20. The average molecular weight is 470 g/mol. The Kier molecular flexibility index (Phi) is 6.47. The fourth-order valence-corrected chi connectivity index (χ4v) is 4.31. The Balaban J connectivity index is 1.61. The van der Waals surface area contributed by atoms with Crippen molar-refractivity contribution in [3.63, 3.8) is 0 Å². The number of hydrogen-bond donors (Lipinski definition) is 1. The molecule has 0 radical (unpaired) electrons. The molecule has 0 aliphatic rings. The van der Waals surface area contributed by atoms with E-state index in [0.717, 1.165) is 34.5 Å². The highest BCUT2D eigenvalue weighted by atomic mass is 32.2. The Morgan fingerprint density at radius 1 is 1.03 bits per heavy atom. The molecule has 1 N–H and O–H groups in total. The van der Waals surface area contributed by atoms with E-state index in [1.54, 1.807) is 0 Å². The lowest BCUT2D eigenvalue weighted by atomic mass is 10.1. The lowest BCUT2D eigenvalue weighted by molar-refractivity contribution is -0.137. The number of aromatic nitrogens is 2. The van der Waals surface area contributed by atoms with Crippen molar-refractivity contribution >= 4 is 34.4 Å². The topological polar surface area (TPSA) is 46.9 Å². The van der Waals surface area contributed by atoms with E-state index in [2.05, 4.69) is 10.3 Å². The van der Waals surface area contributed by atoms with Gasteiger partial charge >= 0.3 is 6.18 Å². The smallest absolute Gasteiger partial charge is 0.325 e. The van der Waals surface area contributed by atoms with Crippen LogP contribution in [0.2, 0.25) is 0 Å². The molecule has 0 fully saturated rings. The van der Waals surface area contributed by atoms with Gasteiger partial charge < -0.3 is 9.88 Å². The molecule has 1 amide bonds. The average Bonchev–Trinajstić information content (AvgIpc) is 3.11. The van der Waals surface area contributed by atoms with Gasteiger partial charge in [0, 0.05) is 5.69 Å². The number of fused-ring (bicyclic) bond motifs is 1. The highest BCUT2D eigenvalue weighted by Crippen LogP contribution is 2.33. The summed E-state index contributed by atoms with van der Waals surface area (Å²) in [7, 11) is 0. The molecule has 0 aliphatic heterocycles. The lowest BCUT2D eigenvalue weighted by Crippen LogP contribution is -2.15. The first-order valence-electron chi connectivity index (χ1n) is 10.3. The minimum absolute atomic E-state index is 0.0810. The van der Waals surface area contributed by atoms with Crippen molar-refractivity contribution in [2.75, 3.05) is 11.1 Å². The highest BCUT2D eigenvalue weighted by Gasteiger charge is 2.31. The number of benzene rings is 3. The second-order valence-corrected chi connectivity index (χ2v) is 8.77. The zero-order valence-electron chi connectivity index (χ0n) is 18.1. The molecule has 0 unspecified atom stereocenters. The number of nitrogens with one attached hydrogen (secondary N) is 1. The second kappa shape index (κ2) is 9.31. The van der Waals surface area contributed by atoms with Gasteiger partial charge in [0.1, 0.15) is 0 Å². The molecule has 1 heterocycles. The number of imidazole rings is 1. The number of thioether (sulfide) groups is 1. The zero-order valence-corrected chi connectivity index (χ0v) is 18.9. The van der Waals surface area contributed by atoms with Gasteiger partial charge in [-0.25, -0.2) is 4.98 Å². The molecule has 0 saturated heterocycles. The lowest BCUT2D eigenvalue weighted by Gasteiger charge is -2.11. The number of carbonyl (C=O) groups is 1. The second-order valence-electron chi connectivity index (χ2n) is 7.82. The van der Waals surface area contributed by atoms with E-state index in [9.17, 15) is 18.0 Å². The van der Waals surface area contributed by atoms with Crippen LogP contribution in [0.1, 0.15) is 22.3 Å². The molecule has 8 heteroatoms. The molecule has 170 valence electrons. The third-order valence-electron chi connectivity index (χ3n) is 5.22. The van der Waals surface area contributed by atoms with Crippen LogP contribution in [0.15, 0.2) is 71.9 Å². The number of carbonyl (C=O) groups excluding carboxylic acids is 1. The van der Waals surface area contributed by atoms with Crippen LogP contribution in [0.3, 0.4) is 0 Å². The van der Waals surface area contributed by atoms with Crippen LogP contribution in [0.25, 0.3) is 11.0 Å². The Labute approximate surface area is 193 Å². The maximum Gasteiger partial charge on any atom is 0.416 e. The number of alkyl halides is 3. The first-order chi connectivity index (χ1) is 15.7. The minimum Gasteiger partial charge on any atom is -0.325 e. The van der Waals surface area contributed by atoms with Crippen LogP contribution < -0.4 is 5.32 Å². The largest absolute Gasteiger partial charge is 0.416 e. The molecule has 0 bridgehead atoms. The highest BCUT2D eigenvalue weighted by molar-refractivity contribution is 7.99. The standard InChI is InChI=1S/C25H22F3N3OS/c1-16-8-9-17(2)20(12-16)29-23(32)15-33-24-30-21-13-19(25(26,27)28)10-11-22(21)31(24)14-18-6-4-3-5-7-18/h3-13H,14-15H2,1-2H3,(H,29,32). The first kappa shape index (κ1) is 22.9. The Hall–Kier alpha value is -3.26. The van der Waals surface area contributed by atoms with E-state index in [0.29, 0.717) is 17.2 Å². The van der Waals surface area contributed by atoms with Crippen LogP contribution in [0, 0.1) is 13.8 Å². The van der Waals surface area contributed by atoms with Crippen molar-refractivity contribution in [2.24, 2.45) is 0 Å². The monoisotopic (exact) mass is 469 g/mol. The molecule has 0 atom stereocenters. The number of hydrogen-bond acceptors (Lipinski definition) is 3. The number of anilines is 1. The molecule has 4 aromatic rings. The molecular weight excluding hydrogens is 447 g/mol. The molecule has 1 aromatic heterocycles. The molecule has 4 nitrogen and oxygen atoms in total. The predicted molar refractivity (Wildman–Crippen MR) is 126 cm³/mol. The number of aryl methyl sites for hydroxylation is 2. The summed E-state index contributed by atoms with van der Waals surface area (Å²) in [5.74, 6) is -0.125. The summed E-state index contributed by atoms with van der Waals surface area (Å²) in [6.07, 6.45) is -4.45. The summed E-state index contributed by atoms with van der Waals surface area (Å²) < 4.78 is 41.4. The summed E-state index contributed by atoms with van der Waals surface area (Å²) in [6.45, 7) is 4.30. The van der Waals surface area contributed by atoms with E-state index >= 15 is 0 Å². The fourth-order valence-electron chi connectivity index (χ4n) is 3.50. The number of amides is 1. The quantitative estimate of drug-likeness (QED) is 0.330. The summed E-state index contributed by atoms with van der Waals surface area (Å²) in [4.78, 5) is 17.0. The van der Waals surface area contributed by atoms with E-state index in [1.807, 2.05) is 66.9 Å². The van der Waals surface area contributed by atoms with Gasteiger partial charge in [-0.15, -0.1) is 0 Å². The van der Waals surface area contributed by atoms with Crippen LogP contribution in [0.4, 0.5) is 18.9 Å². The maximum atomic E-state index is 13.2. The van der Waals surface area contributed by atoms with Gasteiger partial charge in [-0.05, 0) is 54.8 Å². The Morgan fingerprint density at radius 3 is 2.52 bits per heavy atom. The van der Waals surface area contributed by atoms with Crippen molar-refractivity contribution in [2.45, 2.75) is 31.7 Å². The molecule has 0 spiro atoms. The van der Waals surface area contributed by atoms with Crippen molar-refractivity contribution in [3.8, 4) is 0 Å². The van der Waals surface area contributed by atoms with Gasteiger partial charge in [-0.3, -0.25) is 4.79 Å². The number of rotatable bonds is 6. The zero-order chi connectivity index (χ0) is 23.6. The van der Waals surface area contributed by atoms with Crippen LogP contribution in [0.5, 0.6) is 0 Å². The number of nitrogens with zero attached hydrogens (tertiary/aromatic N) is 2. The van der Waals surface area contributed by atoms with E-state index < -0.39 is 11.7 Å². The van der Waals surface area contributed by atoms with Gasteiger partial charge in [0.05, 0.1) is 28.9 Å². The summed E-state index contributed by atoms with van der Waals surface area (Å²) >= 11 is 1.20. The Morgan fingerprint density at radius 2 is 1.79 bits per heavy atom. The van der Waals surface area contributed by atoms with Gasteiger partial charge in [0.15, 0.2) is 5.16 Å². The summed E-state index contributed by atoms with van der Waals surface area (Å²) in [5, 5.41) is 3.40. The van der Waals surface area contributed by atoms with Crippen molar-refractivity contribution in [1.29, 1.82) is 0 Å². The maximum absolute atomic E-state index is 13.2. The Bertz CT molecular complexity index is 1300. The number of halogens is 3.